The Morgan fingerprint density at radius 3 is 1.78 bits per heavy atom. The number of amides is 2. The highest BCUT2D eigenvalue weighted by atomic mass is 31.2. The second-order valence-electron chi connectivity index (χ2n) is 13.4. The van der Waals surface area contributed by atoms with Gasteiger partial charge in [0.25, 0.3) is 0 Å². The summed E-state index contributed by atoms with van der Waals surface area (Å²) in [6, 6.07) is 7.77. The minimum atomic E-state index is -4.26. The molecule has 2 amide bonds. The molecule has 0 fully saturated rings. The fourth-order valence-corrected chi connectivity index (χ4v) is 7.45. The Hall–Kier alpha value is -4.68. The zero-order valence-corrected chi connectivity index (χ0v) is 32.5. The summed E-state index contributed by atoms with van der Waals surface area (Å²) in [4.78, 5) is 79.4. The van der Waals surface area contributed by atoms with Gasteiger partial charge in [-0.05, 0) is 98.2 Å². The number of aryl methyl sites for hydroxylation is 3. The molecule has 3 aromatic heterocycles. The Bertz CT molecular complexity index is 2380. The van der Waals surface area contributed by atoms with Crippen molar-refractivity contribution in [3.05, 3.63) is 88.5 Å². The van der Waals surface area contributed by atoms with Crippen molar-refractivity contribution >= 4 is 77.4 Å². The van der Waals surface area contributed by atoms with E-state index in [9.17, 15) is 38.3 Å². The van der Waals surface area contributed by atoms with E-state index in [0.29, 0.717) is 35.4 Å². The van der Waals surface area contributed by atoms with Crippen LogP contribution in [0.15, 0.2) is 43.5 Å². The number of fused-ring (bicyclic) bond motifs is 8. The first-order valence-electron chi connectivity index (χ1n) is 17.4. The van der Waals surface area contributed by atoms with E-state index in [1.165, 1.54) is 0 Å². The fourth-order valence-electron chi connectivity index (χ4n) is 6.64. The van der Waals surface area contributed by atoms with E-state index in [-0.39, 0.29) is 37.7 Å². The van der Waals surface area contributed by atoms with Crippen LogP contribution < -0.4 is 10.6 Å². The minimum Gasteiger partial charge on any atom is -0.355 e. The molecule has 14 nitrogen and oxygen atoms in total. The molecule has 3 aromatic rings. The average molecular weight is 777 g/mol. The third-order valence-electron chi connectivity index (χ3n) is 9.70. The predicted molar refractivity (Wildman–Crippen MR) is 213 cm³/mol. The van der Waals surface area contributed by atoms with E-state index in [1.807, 2.05) is 52.0 Å². The number of nitrogens with one attached hydrogen (secondary N) is 4. The topological polar surface area (TPSA) is 231 Å². The molecule has 0 aromatic carbocycles. The molecular weight excluding hydrogens is 730 g/mol. The maximum absolute atomic E-state index is 12.8. The Morgan fingerprint density at radius 1 is 0.685 bits per heavy atom. The molecule has 0 spiro atoms. The van der Waals surface area contributed by atoms with Gasteiger partial charge in [-0.1, -0.05) is 25.3 Å². The zero-order valence-electron chi connectivity index (χ0n) is 30.7. The predicted octanol–water partition coefficient (Wildman–Crippen LogP) is 5.92. The van der Waals surface area contributed by atoms with E-state index >= 15 is 0 Å². The van der Waals surface area contributed by atoms with E-state index in [1.54, 1.807) is 12.2 Å². The van der Waals surface area contributed by atoms with E-state index in [0.717, 1.165) is 66.8 Å². The lowest BCUT2D eigenvalue weighted by Gasteiger charge is -2.08. The van der Waals surface area contributed by atoms with Gasteiger partial charge in [-0.25, -0.2) is 9.97 Å². The summed E-state index contributed by atoms with van der Waals surface area (Å²) >= 11 is 0. The van der Waals surface area contributed by atoms with E-state index in [2.05, 4.69) is 33.8 Å². The summed E-state index contributed by atoms with van der Waals surface area (Å²) in [6.07, 6.45) is 3.35. The number of allylic oxidation sites excluding steroid dienone is 5. The molecule has 5 heterocycles. The van der Waals surface area contributed by atoms with Crippen molar-refractivity contribution in [1.29, 1.82) is 0 Å². The summed E-state index contributed by atoms with van der Waals surface area (Å²) in [5, 5.41) is 5.17. The second kappa shape index (κ2) is 16.4. The van der Waals surface area contributed by atoms with Crippen LogP contribution in [-0.2, 0) is 25.1 Å². The van der Waals surface area contributed by atoms with Crippen molar-refractivity contribution in [2.75, 3.05) is 25.4 Å². The highest BCUT2D eigenvalue weighted by Gasteiger charge is 2.22. The third-order valence-corrected chi connectivity index (χ3v) is 11.3. The van der Waals surface area contributed by atoms with Crippen molar-refractivity contribution in [1.82, 2.24) is 30.6 Å². The summed E-state index contributed by atoms with van der Waals surface area (Å²) in [6.45, 7) is 15.7. The second-order valence-corrected chi connectivity index (χ2v) is 17.0. The summed E-state index contributed by atoms with van der Waals surface area (Å²) < 4.78 is 22.6. The van der Waals surface area contributed by atoms with Crippen LogP contribution in [0.2, 0.25) is 0 Å². The molecule has 5 rings (SSSR count). The maximum Gasteiger partial charge on any atom is 0.327 e. The molecule has 0 saturated heterocycles. The number of nitrogens with zero attached hydrogens (tertiary/aromatic N) is 2. The quantitative estimate of drug-likeness (QED) is 0.0901. The minimum absolute atomic E-state index is 0.0497. The van der Waals surface area contributed by atoms with Crippen LogP contribution in [0.25, 0.3) is 50.4 Å². The molecule has 0 aliphatic carbocycles. The Morgan fingerprint density at radius 2 is 1.19 bits per heavy atom. The van der Waals surface area contributed by atoms with E-state index < -0.39 is 27.5 Å². The smallest absolute Gasteiger partial charge is 0.327 e. The molecule has 0 atom stereocenters. The van der Waals surface area contributed by atoms with Gasteiger partial charge >= 0.3 is 15.2 Å². The lowest BCUT2D eigenvalue weighted by Crippen LogP contribution is -2.26. The number of hydrogen-bond acceptors (Lipinski definition) is 6. The monoisotopic (exact) mass is 776 g/mol. The van der Waals surface area contributed by atoms with Crippen molar-refractivity contribution in [3.63, 3.8) is 0 Å². The number of aromatic amines is 2. The lowest BCUT2D eigenvalue weighted by molar-refractivity contribution is -0.121. The van der Waals surface area contributed by atoms with Gasteiger partial charge in [0.2, 0.25) is 11.8 Å². The third kappa shape index (κ3) is 9.51. The van der Waals surface area contributed by atoms with Crippen molar-refractivity contribution in [2.45, 2.75) is 53.4 Å². The first kappa shape index (κ1) is 40.5. The van der Waals surface area contributed by atoms with Crippen LogP contribution in [0.1, 0.15) is 78.1 Å². The van der Waals surface area contributed by atoms with Crippen molar-refractivity contribution in [3.8, 4) is 0 Å². The van der Waals surface area contributed by atoms with Gasteiger partial charge in [0.05, 0.1) is 35.1 Å². The van der Waals surface area contributed by atoms with Gasteiger partial charge < -0.3 is 40.2 Å². The summed E-state index contributed by atoms with van der Waals surface area (Å²) in [7, 11) is -8.53. The molecule has 2 aliphatic rings. The average Bonchev–Trinajstić information content (AvgIpc) is 3.74. The number of hydrogen-bond donors (Lipinski definition) is 8. The molecular formula is C38H46N6O8P2. The van der Waals surface area contributed by atoms with E-state index in [4.69, 9.17) is 9.97 Å². The highest BCUT2D eigenvalue weighted by molar-refractivity contribution is 7.52. The van der Waals surface area contributed by atoms with Gasteiger partial charge in [-0.15, -0.1) is 0 Å². The molecule has 2 aliphatic heterocycles. The maximum atomic E-state index is 12.8. The van der Waals surface area contributed by atoms with Gasteiger partial charge in [0.1, 0.15) is 0 Å². The van der Waals surface area contributed by atoms with Crippen LogP contribution in [-0.4, -0.2) is 76.7 Å². The van der Waals surface area contributed by atoms with Crippen molar-refractivity contribution < 1.29 is 38.3 Å². The van der Waals surface area contributed by atoms with Crippen LogP contribution in [0, 0.1) is 13.8 Å². The molecule has 286 valence electrons. The van der Waals surface area contributed by atoms with Crippen LogP contribution in [0.5, 0.6) is 0 Å². The summed E-state index contributed by atoms with van der Waals surface area (Å²) in [5.74, 6) is -0.715. The molecule has 0 unspecified atom stereocenters. The van der Waals surface area contributed by atoms with Crippen LogP contribution in [0.3, 0.4) is 0 Å². The Labute approximate surface area is 313 Å². The first-order valence-corrected chi connectivity index (χ1v) is 21.0. The number of H-pyrrole nitrogens is 2. The Balaban J connectivity index is 1.69. The molecule has 16 heteroatoms. The lowest BCUT2D eigenvalue weighted by atomic mass is 10.00. The normalized spacial score (nSPS) is 13.3. The fraction of sp³-hybridized carbons (Fsp3) is 0.316. The SMILES string of the molecule is C=CC1=C(C)c2cc3[nH]c(cc4nc(cc5[nH]c(cc1n2)c(C)c5CCC(=O)NCCP(=O)(O)O)C(CCC(=O)NCCP(=O)(O)O)=C4C)c(C)c3C=C. The molecule has 0 saturated carbocycles. The van der Waals surface area contributed by atoms with Gasteiger partial charge in [0.15, 0.2) is 0 Å². The van der Waals surface area contributed by atoms with Gasteiger partial charge in [-0.3, -0.25) is 18.7 Å². The molecule has 8 N–H and O–H groups in total. The number of carbonyl (C=O) groups excluding carboxylic acids is 2. The highest BCUT2D eigenvalue weighted by Crippen LogP contribution is 2.37. The molecule has 0 radical (unpaired) electrons. The van der Waals surface area contributed by atoms with Crippen LogP contribution in [0.4, 0.5) is 0 Å². The number of carbonyl (C=O) groups is 2. The number of rotatable bonds is 14. The molecule has 54 heavy (non-hydrogen) atoms. The molecule has 8 bridgehead atoms. The number of aromatic nitrogens is 4. The van der Waals surface area contributed by atoms with Gasteiger partial charge in [0, 0.05) is 59.1 Å². The van der Waals surface area contributed by atoms with Crippen LogP contribution >= 0.6 is 15.2 Å². The standard InChI is InChI=1S/C38H46N6O8P2/c1-7-25-21(3)29-17-30-23(5)27(9-11-37(45)39-13-15-53(47,48)49)35(43-30)20-36-28(10-12-38(46)40-14-16-54(50,51)52)24(6)32(44-36)19-34-26(8-2)22(4)31(42-34)18-33(25)41-29/h7-8,17-20,41,44H,1-2,9-16H2,3-6H3,(H,39,45)(H,40,46)(H2,47,48,49)(H2,50,51,52). The van der Waals surface area contributed by atoms with Crippen molar-refractivity contribution in [2.24, 2.45) is 0 Å². The summed E-state index contributed by atoms with van der Waals surface area (Å²) in [5.41, 5.74) is 12.9. The zero-order chi connectivity index (χ0) is 39.5. The Kier molecular flexibility index (Phi) is 12.3. The first-order chi connectivity index (χ1) is 25.4. The van der Waals surface area contributed by atoms with Gasteiger partial charge in [-0.2, -0.15) is 0 Å². The largest absolute Gasteiger partial charge is 0.355 e.